The van der Waals surface area contributed by atoms with E-state index in [1.807, 2.05) is 19.1 Å². The lowest BCUT2D eigenvalue weighted by Gasteiger charge is -2.34. The van der Waals surface area contributed by atoms with Crippen LogP contribution < -0.4 is 10.6 Å². The molecule has 1 rings (SSSR count). The zero-order valence-electron chi connectivity index (χ0n) is 13.6. The summed E-state index contributed by atoms with van der Waals surface area (Å²) < 4.78 is 0. The molecule has 3 heteroatoms. The third kappa shape index (κ3) is 4.14. The first kappa shape index (κ1) is 16.8. The van der Waals surface area contributed by atoms with Crippen molar-refractivity contribution in [3.05, 3.63) is 23.8 Å². The Morgan fingerprint density at radius 3 is 2.15 bits per heavy atom. The van der Waals surface area contributed by atoms with Gasteiger partial charge in [-0.1, -0.05) is 33.8 Å². The van der Waals surface area contributed by atoms with Gasteiger partial charge < -0.3 is 15.7 Å². The highest BCUT2D eigenvalue weighted by molar-refractivity contribution is 5.54. The SMILES string of the molecule is CCC(CC)N(CC(C)C)c1ccc(C(C)N)c(O)c1. The first-order valence-electron chi connectivity index (χ1n) is 7.75. The van der Waals surface area contributed by atoms with Gasteiger partial charge in [0, 0.05) is 35.9 Å². The quantitative estimate of drug-likeness (QED) is 0.790. The number of hydrogen-bond acceptors (Lipinski definition) is 3. The van der Waals surface area contributed by atoms with Crippen LogP contribution in [0.15, 0.2) is 18.2 Å². The minimum atomic E-state index is -0.143. The Hall–Kier alpha value is -1.22. The standard InChI is InChI=1S/C17H30N2O/c1-6-14(7-2)19(11-12(3)4)15-8-9-16(13(5)18)17(20)10-15/h8-10,12-14,20H,6-7,11,18H2,1-5H3. The third-order valence-corrected chi connectivity index (χ3v) is 3.78. The van der Waals surface area contributed by atoms with Crippen molar-refractivity contribution in [2.75, 3.05) is 11.4 Å². The molecule has 0 bridgehead atoms. The van der Waals surface area contributed by atoms with E-state index >= 15 is 0 Å². The maximum atomic E-state index is 10.2. The summed E-state index contributed by atoms with van der Waals surface area (Å²) in [4.78, 5) is 2.41. The van der Waals surface area contributed by atoms with Crippen molar-refractivity contribution >= 4 is 5.69 Å². The number of rotatable bonds is 7. The number of phenols is 1. The number of nitrogens with two attached hydrogens (primary N) is 1. The maximum Gasteiger partial charge on any atom is 0.122 e. The summed E-state index contributed by atoms with van der Waals surface area (Å²) in [6, 6.07) is 6.26. The monoisotopic (exact) mass is 278 g/mol. The summed E-state index contributed by atoms with van der Waals surface area (Å²) in [7, 11) is 0. The van der Waals surface area contributed by atoms with E-state index in [0.29, 0.717) is 17.7 Å². The molecular weight excluding hydrogens is 248 g/mol. The maximum absolute atomic E-state index is 10.2. The highest BCUT2D eigenvalue weighted by Gasteiger charge is 2.18. The van der Waals surface area contributed by atoms with Crippen molar-refractivity contribution in [3.63, 3.8) is 0 Å². The van der Waals surface area contributed by atoms with Crippen LogP contribution in [0.1, 0.15) is 59.1 Å². The van der Waals surface area contributed by atoms with Crippen LogP contribution in [-0.2, 0) is 0 Å². The minimum Gasteiger partial charge on any atom is -0.508 e. The number of phenolic OH excluding ortho intramolecular Hbond substituents is 1. The molecule has 0 amide bonds. The highest BCUT2D eigenvalue weighted by Crippen LogP contribution is 2.30. The van der Waals surface area contributed by atoms with E-state index in [9.17, 15) is 5.11 Å². The number of nitrogens with zero attached hydrogens (tertiary/aromatic N) is 1. The fourth-order valence-electron chi connectivity index (χ4n) is 2.68. The smallest absolute Gasteiger partial charge is 0.122 e. The summed E-state index contributed by atoms with van der Waals surface area (Å²) >= 11 is 0. The Labute approximate surface area is 123 Å². The van der Waals surface area contributed by atoms with Crippen molar-refractivity contribution in [3.8, 4) is 5.75 Å². The molecule has 20 heavy (non-hydrogen) atoms. The summed E-state index contributed by atoms with van der Waals surface area (Å²) in [5, 5.41) is 10.2. The van der Waals surface area contributed by atoms with E-state index in [1.54, 1.807) is 0 Å². The zero-order chi connectivity index (χ0) is 15.3. The first-order valence-corrected chi connectivity index (χ1v) is 7.75. The number of hydrogen-bond donors (Lipinski definition) is 2. The summed E-state index contributed by atoms with van der Waals surface area (Å²) in [5.41, 5.74) is 7.76. The molecule has 0 radical (unpaired) electrons. The molecule has 0 aromatic heterocycles. The molecular formula is C17H30N2O. The van der Waals surface area contributed by atoms with E-state index in [0.717, 1.165) is 30.6 Å². The number of benzene rings is 1. The first-order chi connectivity index (χ1) is 9.40. The van der Waals surface area contributed by atoms with Crippen molar-refractivity contribution < 1.29 is 5.11 Å². The minimum absolute atomic E-state index is 0.143. The number of aromatic hydroxyl groups is 1. The molecule has 1 unspecified atom stereocenters. The van der Waals surface area contributed by atoms with E-state index in [2.05, 4.69) is 38.7 Å². The molecule has 0 fully saturated rings. The van der Waals surface area contributed by atoms with Gasteiger partial charge in [-0.25, -0.2) is 0 Å². The molecule has 0 saturated heterocycles. The summed E-state index contributed by atoms with van der Waals surface area (Å²) in [6.45, 7) is 11.8. The molecule has 0 saturated carbocycles. The molecule has 0 aliphatic heterocycles. The lowest BCUT2D eigenvalue weighted by atomic mass is 10.0. The van der Waals surface area contributed by atoms with Crippen molar-refractivity contribution in [1.29, 1.82) is 0 Å². The molecule has 0 aliphatic rings. The largest absolute Gasteiger partial charge is 0.508 e. The predicted molar refractivity (Wildman–Crippen MR) is 87.3 cm³/mol. The van der Waals surface area contributed by atoms with E-state index < -0.39 is 0 Å². The average molecular weight is 278 g/mol. The van der Waals surface area contributed by atoms with Gasteiger partial charge in [0.1, 0.15) is 5.75 Å². The van der Waals surface area contributed by atoms with Crippen molar-refractivity contribution in [2.24, 2.45) is 11.7 Å². The second-order valence-electron chi connectivity index (χ2n) is 6.05. The lowest BCUT2D eigenvalue weighted by molar-refractivity contribution is 0.461. The lowest BCUT2D eigenvalue weighted by Crippen LogP contribution is -2.37. The van der Waals surface area contributed by atoms with Crippen LogP contribution in [0.4, 0.5) is 5.69 Å². The van der Waals surface area contributed by atoms with Crippen LogP contribution in [0, 0.1) is 5.92 Å². The van der Waals surface area contributed by atoms with Gasteiger partial charge in [0.25, 0.3) is 0 Å². The molecule has 114 valence electrons. The van der Waals surface area contributed by atoms with Gasteiger partial charge in [0.15, 0.2) is 0 Å². The van der Waals surface area contributed by atoms with Crippen LogP contribution in [0.5, 0.6) is 5.75 Å². The molecule has 1 aromatic carbocycles. The molecule has 0 heterocycles. The van der Waals surface area contributed by atoms with Gasteiger partial charge in [0.05, 0.1) is 0 Å². The molecule has 3 N–H and O–H groups in total. The van der Waals surface area contributed by atoms with Gasteiger partial charge in [0.2, 0.25) is 0 Å². The Kier molecular flexibility index (Phi) is 6.34. The van der Waals surface area contributed by atoms with Crippen LogP contribution in [0.25, 0.3) is 0 Å². The second kappa shape index (κ2) is 7.53. The molecule has 0 spiro atoms. The van der Waals surface area contributed by atoms with E-state index in [-0.39, 0.29) is 6.04 Å². The summed E-state index contributed by atoms with van der Waals surface area (Å²) in [5.74, 6) is 0.892. The Bertz CT molecular complexity index is 411. The molecule has 0 aliphatic carbocycles. The predicted octanol–water partition coefficient (Wildman–Crippen LogP) is 4.06. The van der Waals surface area contributed by atoms with Gasteiger partial charge in [-0.15, -0.1) is 0 Å². The second-order valence-corrected chi connectivity index (χ2v) is 6.05. The van der Waals surface area contributed by atoms with Gasteiger partial charge in [-0.3, -0.25) is 0 Å². The Morgan fingerprint density at radius 1 is 1.15 bits per heavy atom. The average Bonchev–Trinajstić information content (AvgIpc) is 2.37. The normalized spacial score (nSPS) is 13.0. The zero-order valence-corrected chi connectivity index (χ0v) is 13.6. The fourth-order valence-corrected chi connectivity index (χ4v) is 2.68. The van der Waals surface area contributed by atoms with Gasteiger partial charge in [-0.05, 0) is 31.7 Å². The molecule has 3 nitrogen and oxygen atoms in total. The van der Waals surface area contributed by atoms with Crippen molar-refractivity contribution in [2.45, 2.75) is 59.5 Å². The van der Waals surface area contributed by atoms with Crippen LogP contribution in [-0.4, -0.2) is 17.7 Å². The Morgan fingerprint density at radius 2 is 1.75 bits per heavy atom. The molecule has 1 aromatic rings. The highest BCUT2D eigenvalue weighted by atomic mass is 16.3. The number of anilines is 1. The Balaban J connectivity index is 3.10. The van der Waals surface area contributed by atoms with Crippen LogP contribution >= 0.6 is 0 Å². The van der Waals surface area contributed by atoms with E-state index in [1.165, 1.54) is 0 Å². The van der Waals surface area contributed by atoms with Gasteiger partial charge in [-0.2, -0.15) is 0 Å². The topological polar surface area (TPSA) is 49.5 Å². The van der Waals surface area contributed by atoms with E-state index in [4.69, 9.17) is 5.73 Å². The van der Waals surface area contributed by atoms with Crippen LogP contribution in [0.2, 0.25) is 0 Å². The van der Waals surface area contributed by atoms with Crippen molar-refractivity contribution in [1.82, 2.24) is 0 Å². The fraction of sp³-hybridized carbons (Fsp3) is 0.647. The van der Waals surface area contributed by atoms with Gasteiger partial charge >= 0.3 is 0 Å². The van der Waals surface area contributed by atoms with Crippen LogP contribution in [0.3, 0.4) is 0 Å². The summed E-state index contributed by atoms with van der Waals surface area (Å²) in [6.07, 6.45) is 2.22. The molecule has 1 atom stereocenters. The third-order valence-electron chi connectivity index (χ3n) is 3.78.